The number of H-pyrrole nitrogens is 1. The molecule has 5 nitrogen and oxygen atoms in total. The molecule has 0 aliphatic carbocycles. The van der Waals surface area contributed by atoms with Crippen LogP contribution in [0.5, 0.6) is 0 Å². The molecule has 4 rings (SSSR count). The van der Waals surface area contributed by atoms with Gasteiger partial charge in [-0.2, -0.15) is 0 Å². The molecule has 27 heavy (non-hydrogen) atoms. The molecule has 5 heteroatoms. The van der Waals surface area contributed by atoms with E-state index in [1.54, 1.807) is 0 Å². The van der Waals surface area contributed by atoms with Gasteiger partial charge in [-0.15, -0.1) is 0 Å². The third-order valence-corrected chi connectivity index (χ3v) is 6.44. The predicted molar refractivity (Wildman–Crippen MR) is 110 cm³/mol. The summed E-state index contributed by atoms with van der Waals surface area (Å²) < 4.78 is 0. The van der Waals surface area contributed by atoms with Crippen molar-refractivity contribution in [2.24, 2.45) is 5.92 Å². The van der Waals surface area contributed by atoms with Crippen LogP contribution in [0.25, 0.3) is 10.9 Å². The topological polar surface area (TPSA) is 52.2 Å². The molecule has 1 unspecified atom stereocenters. The van der Waals surface area contributed by atoms with Crippen molar-refractivity contribution in [3.05, 3.63) is 40.4 Å². The van der Waals surface area contributed by atoms with Gasteiger partial charge in [0.1, 0.15) is 5.82 Å². The summed E-state index contributed by atoms with van der Waals surface area (Å²) in [6.45, 7) is 8.21. The lowest BCUT2D eigenvalue weighted by molar-refractivity contribution is 0.113. The zero-order chi connectivity index (χ0) is 18.6. The van der Waals surface area contributed by atoms with Crippen molar-refractivity contribution >= 4 is 10.9 Å². The Labute approximate surface area is 161 Å². The van der Waals surface area contributed by atoms with E-state index in [0.717, 1.165) is 30.3 Å². The Bertz CT molecular complexity index is 801. The normalized spacial score (nSPS) is 22.0. The first-order valence-corrected chi connectivity index (χ1v) is 10.7. The third kappa shape index (κ3) is 4.41. The van der Waals surface area contributed by atoms with Crippen molar-refractivity contribution in [3.63, 3.8) is 0 Å². The minimum atomic E-state index is -0.0292. The minimum absolute atomic E-state index is 0.0292. The van der Waals surface area contributed by atoms with E-state index in [0.29, 0.717) is 5.39 Å². The number of rotatable bonds is 4. The third-order valence-electron chi connectivity index (χ3n) is 6.44. The SMILES string of the molecule is CC(c1nc2ccccc2c(=O)[nH]1)N1CCC(CN2CCCCCC2)CC1. The highest BCUT2D eigenvalue weighted by Crippen LogP contribution is 2.26. The fourth-order valence-electron chi connectivity index (χ4n) is 4.68. The molecule has 2 aromatic rings. The summed E-state index contributed by atoms with van der Waals surface area (Å²) in [5.41, 5.74) is 0.762. The van der Waals surface area contributed by atoms with Gasteiger partial charge in [0.25, 0.3) is 5.56 Å². The molecule has 1 aromatic carbocycles. The zero-order valence-corrected chi connectivity index (χ0v) is 16.5. The van der Waals surface area contributed by atoms with Crippen molar-refractivity contribution in [2.45, 2.75) is 51.5 Å². The number of nitrogens with one attached hydrogen (secondary N) is 1. The average molecular weight is 369 g/mol. The van der Waals surface area contributed by atoms with Crippen molar-refractivity contribution in [2.75, 3.05) is 32.7 Å². The fourth-order valence-corrected chi connectivity index (χ4v) is 4.68. The van der Waals surface area contributed by atoms with E-state index in [-0.39, 0.29) is 11.6 Å². The van der Waals surface area contributed by atoms with Gasteiger partial charge in [0, 0.05) is 6.54 Å². The summed E-state index contributed by atoms with van der Waals surface area (Å²) in [6.07, 6.45) is 8.05. The highest BCUT2D eigenvalue weighted by molar-refractivity contribution is 5.77. The Hall–Kier alpha value is -1.72. The monoisotopic (exact) mass is 368 g/mol. The van der Waals surface area contributed by atoms with Crippen LogP contribution in [-0.4, -0.2) is 52.5 Å². The molecule has 0 saturated carbocycles. The number of likely N-dealkylation sites (tertiary alicyclic amines) is 2. The Kier molecular flexibility index (Phi) is 5.89. The maximum atomic E-state index is 12.4. The highest BCUT2D eigenvalue weighted by atomic mass is 16.1. The summed E-state index contributed by atoms with van der Waals surface area (Å²) in [6, 6.07) is 7.74. The number of fused-ring (bicyclic) bond motifs is 1. The van der Waals surface area contributed by atoms with Gasteiger partial charge in [0.05, 0.1) is 16.9 Å². The molecule has 1 aromatic heterocycles. The number of hydrogen-bond donors (Lipinski definition) is 1. The van der Waals surface area contributed by atoms with Crippen LogP contribution in [0.2, 0.25) is 0 Å². The van der Waals surface area contributed by atoms with E-state index in [2.05, 4.69) is 21.7 Å². The number of piperidine rings is 1. The van der Waals surface area contributed by atoms with Gasteiger partial charge in [-0.05, 0) is 76.8 Å². The zero-order valence-electron chi connectivity index (χ0n) is 16.5. The van der Waals surface area contributed by atoms with E-state index < -0.39 is 0 Å². The highest BCUT2D eigenvalue weighted by Gasteiger charge is 2.26. The number of nitrogens with zero attached hydrogens (tertiary/aromatic N) is 3. The summed E-state index contributed by atoms with van der Waals surface area (Å²) in [7, 11) is 0. The summed E-state index contributed by atoms with van der Waals surface area (Å²) in [4.78, 5) is 25.3. The maximum absolute atomic E-state index is 12.4. The second-order valence-electron chi connectivity index (χ2n) is 8.34. The summed E-state index contributed by atoms with van der Waals surface area (Å²) in [5, 5.41) is 0.671. The fraction of sp³-hybridized carbons (Fsp3) is 0.636. The van der Waals surface area contributed by atoms with Crippen molar-refractivity contribution in [3.8, 4) is 0 Å². The lowest BCUT2D eigenvalue weighted by atomic mass is 9.95. The first kappa shape index (κ1) is 18.6. The molecule has 1 atom stereocenters. The minimum Gasteiger partial charge on any atom is -0.309 e. The predicted octanol–water partition coefficient (Wildman–Crippen LogP) is 3.57. The Morgan fingerprint density at radius 2 is 1.78 bits per heavy atom. The van der Waals surface area contributed by atoms with Gasteiger partial charge in [0.2, 0.25) is 0 Å². The van der Waals surface area contributed by atoms with Crippen LogP contribution in [0.4, 0.5) is 0 Å². The molecule has 0 amide bonds. The number of aromatic amines is 1. The second-order valence-corrected chi connectivity index (χ2v) is 8.34. The van der Waals surface area contributed by atoms with E-state index in [9.17, 15) is 4.79 Å². The van der Waals surface area contributed by atoms with Crippen molar-refractivity contribution < 1.29 is 0 Å². The van der Waals surface area contributed by atoms with Crippen molar-refractivity contribution in [1.82, 2.24) is 19.8 Å². The Morgan fingerprint density at radius 3 is 2.52 bits per heavy atom. The molecule has 0 spiro atoms. The van der Waals surface area contributed by atoms with Crippen LogP contribution in [0, 0.1) is 5.92 Å². The van der Waals surface area contributed by atoms with Crippen LogP contribution in [0.15, 0.2) is 29.1 Å². The summed E-state index contributed by atoms with van der Waals surface area (Å²) in [5.74, 6) is 1.61. The molecule has 2 aliphatic heterocycles. The van der Waals surface area contributed by atoms with Crippen LogP contribution in [0.3, 0.4) is 0 Å². The second kappa shape index (κ2) is 8.53. The molecule has 0 bridgehead atoms. The molecule has 2 fully saturated rings. The summed E-state index contributed by atoms with van der Waals surface area (Å²) >= 11 is 0. The maximum Gasteiger partial charge on any atom is 0.258 e. The van der Waals surface area contributed by atoms with Gasteiger partial charge in [-0.25, -0.2) is 4.98 Å². The first-order chi connectivity index (χ1) is 13.2. The van der Waals surface area contributed by atoms with Gasteiger partial charge >= 0.3 is 0 Å². The van der Waals surface area contributed by atoms with E-state index in [4.69, 9.17) is 4.98 Å². The number of para-hydroxylation sites is 1. The molecule has 0 radical (unpaired) electrons. The molecular formula is C22H32N4O. The van der Waals surface area contributed by atoms with E-state index >= 15 is 0 Å². The quantitative estimate of drug-likeness (QED) is 0.896. The Morgan fingerprint density at radius 1 is 1.07 bits per heavy atom. The molecule has 2 aliphatic rings. The molecule has 3 heterocycles. The average Bonchev–Trinajstić information content (AvgIpc) is 2.97. The van der Waals surface area contributed by atoms with E-state index in [1.165, 1.54) is 58.2 Å². The van der Waals surface area contributed by atoms with Crippen LogP contribution in [-0.2, 0) is 0 Å². The first-order valence-electron chi connectivity index (χ1n) is 10.7. The van der Waals surface area contributed by atoms with Crippen LogP contribution < -0.4 is 5.56 Å². The molecule has 146 valence electrons. The van der Waals surface area contributed by atoms with E-state index in [1.807, 2.05) is 24.3 Å². The Balaban J connectivity index is 1.37. The van der Waals surface area contributed by atoms with Crippen LogP contribution >= 0.6 is 0 Å². The van der Waals surface area contributed by atoms with Gasteiger partial charge < -0.3 is 9.88 Å². The molecule has 2 saturated heterocycles. The van der Waals surface area contributed by atoms with Crippen molar-refractivity contribution in [1.29, 1.82) is 0 Å². The molecule has 1 N–H and O–H groups in total. The van der Waals surface area contributed by atoms with Gasteiger partial charge in [-0.3, -0.25) is 9.69 Å². The number of aromatic nitrogens is 2. The standard InChI is InChI=1S/C22H32N4O/c1-17(21-23-20-9-5-4-8-19(20)22(27)24-21)26-14-10-18(11-15-26)16-25-12-6-2-3-7-13-25/h4-5,8-9,17-18H,2-3,6-7,10-16H2,1H3,(H,23,24,27). The number of hydrogen-bond acceptors (Lipinski definition) is 4. The molecular weight excluding hydrogens is 336 g/mol. The lowest BCUT2D eigenvalue weighted by Gasteiger charge is -2.37. The largest absolute Gasteiger partial charge is 0.309 e. The van der Waals surface area contributed by atoms with Gasteiger partial charge in [0.15, 0.2) is 0 Å². The van der Waals surface area contributed by atoms with Gasteiger partial charge in [-0.1, -0.05) is 25.0 Å². The lowest BCUT2D eigenvalue weighted by Crippen LogP contribution is -2.40. The number of benzene rings is 1. The smallest absolute Gasteiger partial charge is 0.258 e. The van der Waals surface area contributed by atoms with Crippen LogP contribution in [0.1, 0.15) is 57.3 Å².